The van der Waals surface area contributed by atoms with E-state index in [1.54, 1.807) is 12.5 Å². The van der Waals surface area contributed by atoms with Gasteiger partial charge in [0.25, 0.3) is 0 Å². The molecular formula is C47H57N3O4Si. The summed E-state index contributed by atoms with van der Waals surface area (Å²) in [5, 5.41) is 0.0326. The maximum Gasteiger partial charge on any atom is 0.231 e. The smallest absolute Gasteiger partial charge is 0.231 e. The first-order chi connectivity index (χ1) is 26.9. The standard InChI is InChI=1S/C47H57N3O4Si/c1-47(2,45(37-17-8-4-9-18-37)38-19-10-5-11-20-38)55-54-41-26-23-39(24-27-41)46(51)50-40(25-22-35-14-12-13-21-42(35)50)32-48-28-30-49(31-29-48)44-34-52-43(33-53-44)36-15-6-3-7-16-36/h3-6,8-15,17-21,33-34,39-41,45H,7,16,22-32,55H2,1-2H3. The molecule has 5 aliphatic rings. The molecule has 8 heteroatoms. The van der Waals surface area contributed by atoms with E-state index in [-0.39, 0.29) is 29.0 Å². The van der Waals surface area contributed by atoms with Crippen molar-refractivity contribution in [1.82, 2.24) is 9.80 Å². The minimum atomic E-state index is -0.906. The van der Waals surface area contributed by atoms with Crippen molar-refractivity contribution in [2.24, 2.45) is 5.92 Å². The van der Waals surface area contributed by atoms with Crippen LogP contribution in [-0.2, 0) is 25.1 Å². The lowest BCUT2D eigenvalue weighted by atomic mass is 9.82. The zero-order valence-corrected chi connectivity index (χ0v) is 34.1. The molecule has 0 N–H and O–H groups in total. The molecule has 0 spiro atoms. The summed E-state index contributed by atoms with van der Waals surface area (Å²) in [4.78, 5) is 21.6. The molecule has 2 fully saturated rings. The Labute approximate surface area is 330 Å². The van der Waals surface area contributed by atoms with E-state index in [4.69, 9.17) is 13.9 Å². The molecule has 3 aromatic carbocycles. The minimum absolute atomic E-state index is 0.0326. The Morgan fingerprint density at radius 2 is 1.51 bits per heavy atom. The lowest BCUT2D eigenvalue weighted by Crippen LogP contribution is -2.55. The van der Waals surface area contributed by atoms with Crippen LogP contribution in [0.15, 0.2) is 133 Å². The largest absolute Gasteiger partial charge is 0.456 e. The topological polar surface area (TPSA) is 54.5 Å². The number of carbonyl (C=O) groups excluding carboxylic acids is 1. The number of hydrogen-bond acceptors (Lipinski definition) is 6. The molecule has 1 amide bonds. The third-order valence-electron chi connectivity index (χ3n) is 12.4. The van der Waals surface area contributed by atoms with Gasteiger partial charge < -0.3 is 23.7 Å². The molecule has 1 saturated heterocycles. The Morgan fingerprint density at radius 1 is 0.818 bits per heavy atom. The van der Waals surface area contributed by atoms with Crippen molar-refractivity contribution in [1.29, 1.82) is 0 Å². The van der Waals surface area contributed by atoms with Gasteiger partial charge >= 0.3 is 0 Å². The molecule has 0 radical (unpaired) electrons. The van der Waals surface area contributed by atoms with E-state index in [1.165, 1.54) is 22.3 Å². The van der Waals surface area contributed by atoms with Gasteiger partial charge in [-0.2, -0.15) is 0 Å². The predicted molar refractivity (Wildman–Crippen MR) is 223 cm³/mol. The molecule has 288 valence electrons. The number of piperazine rings is 1. The normalized spacial score (nSPS) is 23.5. The Balaban J connectivity index is 0.864. The first kappa shape index (κ1) is 37.5. The summed E-state index contributed by atoms with van der Waals surface area (Å²) < 4.78 is 19.0. The SMILES string of the molecule is CC(C)([SiH2]OC1CCC(C(=O)N2c3ccccc3CCC2CN2CCN(C3=COC(C4=CC=CCC4)=CO3)CC2)CC1)C(c1ccccc1)c1ccccc1. The van der Waals surface area contributed by atoms with Gasteiger partial charge in [0.2, 0.25) is 11.8 Å². The highest BCUT2D eigenvalue weighted by Gasteiger charge is 2.39. The second-order valence-corrected chi connectivity index (χ2v) is 19.1. The molecule has 0 bridgehead atoms. The molecule has 3 aliphatic heterocycles. The Morgan fingerprint density at radius 3 is 2.16 bits per heavy atom. The average Bonchev–Trinajstić information content (AvgIpc) is 3.24. The molecule has 1 unspecified atom stereocenters. The minimum Gasteiger partial charge on any atom is -0.456 e. The summed E-state index contributed by atoms with van der Waals surface area (Å²) in [7, 11) is -0.906. The van der Waals surface area contributed by atoms with Crippen LogP contribution >= 0.6 is 0 Å². The summed E-state index contributed by atoms with van der Waals surface area (Å²) in [6, 6.07) is 30.6. The number of allylic oxidation sites excluding steroid dienone is 4. The van der Waals surface area contributed by atoms with E-state index >= 15 is 0 Å². The van der Waals surface area contributed by atoms with Crippen LogP contribution in [0.1, 0.15) is 81.4 Å². The number of rotatable bonds is 11. The molecule has 3 heterocycles. The molecule has 2 aliphatic carbocycles. The second-order valence-electron chi connectivity index (χ2n) is 16.7. The first-order valence-corrected chi connectivity index (χ1v) is 21.9. The summed E-state index contributed by atoms with van der Waals surface area (Å²) in [6.07, 6.45) is 17.8. The van der Waals surface area contributed by atoms with Gasteiger partial charge in [0.15, 0.2) is 21.8 Å². The lowest BCUT2D eigenvalue weighted by molar-refractivity contribution is -0.124. The number of para-hydroxylation sites is 1. The van der Waals surface area contributed by atoms with Crippen LogP contribution in [-0.4, -0.2) is 70.3 Å². The fourth-order valence-corrected chi connectivity index (χ4v) is 11.0. The Bertz CT molecular complexity index is 1850. The molecule has 1 atom stereocenters. The van der Waals surface area contributed by atoms with Gasteiger partial charge in [-0.1, -0.05) is 111 Å². The van der Waals surface area contributed by atoms with Gasteiger partial charge in [-0.15, -0.1) is 0 Å². The maximum absolute atomic E-state index is 14.6. The third-order valence-corrected chi connectivity index (χ3v) is 14.2. The van der Waals surface area contributed by atoms with Gasteiger partial charge in [0.1, 0.15) is 6.26 Å². The first-order valence-electron chi connectivity index (χ1n) is 20.6. The number of carbonyl (C=O) groups is 1. The zero-order valence-electron chi connectivity index (χ0n) is 32.7. The third kappa shape index (κ3) is 8.72. The lowest BCUT2D eigenvalue weighted by Gasteiger charge is -2.44. The zero-order chi connectivity index (χ0) is 37.6. The van der Waals surface area contributed by atoms with Crippen molar-refractivity contribution < 1.29 is 18.7 Å². The highest BCUT2D eigenvalue weighted by atomic mass is 28.2. The van der Waals surface area contributed by atoms with E-state index in [9.17, 15) is 4.79 Å². The predicted octanol–water partition coefficient (Wildman–Crippen LogP) is 8.61. The van der Waals surface area contributed by atoms with Crippen molar-refractivity contribution >= 4 is 21.4 Å². The molecule has 3 aromatic rings. The van der Waals surface area contributed by atoms with Crippen LogP contribution in [0.5, 0.6) is 0 Å². The summed E-state index contributed by atoms with van der Waals surface area (Å²) >= 11 is 0. The van der Waals surface area contributed by atoms with Crippen molar-refractivity contribution in [3.63, 3.8) is 0 Å². The number of aryl methyl sites for hydroxylation is 1. The van der Waals surface area contributed by atoms with Gasteiger partial charge in [-0.25, -0.2) is 0 Å². The van der Waals surface area contributed by atoms with Crippen LogP contribution in [0.4, 0.5) is 5.69 Å². The number of anilines is 1. The van der Waals surface area contributed by atoms with Crippen LogP contribution in [0.3, 0.4) is 0 Å². The van der Waals surface area contributed by atoms with Crippen molar-refractivity contribution in [3.8, 4) is 0 Å². The van der Waals surface area contributed by atoms with Gasteiger partial charge in [-0.3, -0.25) is 9.69 Å². The number of ether oxygens (including phenoxy) is 2. The van der Waals surface area contributed by atoms with E-state index in [2.05, 4.69) is 132 Å². The Kier molecular flexibility index (Phi) is 11.7. The van der Waals surface area contributed by atoms with Gasteiger partial charge in [0.05, 0.1) is 0 Å². The quantitative estimate of drug-likeness (QED) is 0.183. The van der Waals surface area contributed by atoms with Gasteiger partial charge in [0, 0.05) is 62.4 Å². The molecular weight excluding hydrogens is 699 g/mol. The molecule has 55 heavy (non-hydrogen) atoms. The molecule has 1 saturated carbocycles. The highest BCUT2D eigenvalue weighted by molar-refractivity contribution is 6.32. The fourth-order valence-electron chi connectivity index (χ4n) is 9.39. The van der Waals surface area contributed by atoms with Gasteiger partial charge in [-0.05, 0) is 84.7 Å². The van der Waals surface area contributed by atoms with Crippen LogP contribution in [0.25, 0.3) is 0 Å². The van der Waals surface area contributed by atoms with E-state index in [1.807, 2.05) is 0 Å². The van der Waals surface area contributed by atoms with Crippen LogP contribution in [0.2, 0.25) is 5.04 Å². The molecule has 0 aromatic heterocycles. The van der Waals surface area contributed by atoms with E-state index in [0.717, 1.165) is 101 Å². The number of nitrogens with zero attached hydrogens (tertiary/aromatic N) is 3. The number of benzene rings is 3. The maximum atomic E-state index is 14.6. The summed E-state index contributed by atoms with van der Waals surface area (Å²) in [5.74, 6) is 2.21. The number of amides is 1. The monoisotopic (exact) mass is 755 g/mol. The number of hydrogen-bond donors (Lipinski definition) is 0. The van der Waals surface area contributed by atoms with Crippen LogP contribution < -0.4 is 4.90 Å². The van der Waals surface area contributed by atoms with Crippen LogP contribution in [0, 0.1) is 5.92 Å². The van der Waals surface area contributed by atoms with Crippen molar-refractivity contribution in [3.05, 3.63) is 150 Å². The Hall–Kier alpha value is -4.37. The van der Waals surface area contributed by atoms with E-state index in [0.29, 0.717) is 5.91 Å². The average molecular weight is 756 g/mol. The fraction of sp³-hybridized carbons (Fsp3) is 0.426. The van der Waals surface area contributed by atoms with E-state index < -0.39 is 9.76 Å². The molecule has 7 nitrogen and oxygen atoms in total. The van der Waals surface area contributed by atoms with Crippen molar-refractivity contribution in [2.45, 2.75) is 88.3 Å². The molecule has 8 rings (SSSR count). The summed E-state index contributed by atoms with van der Waals surface area (Å²) in [5.41, 5.74) is 6.29. The summed E-state index contributed by atoms with van der Waals surface area (Å²) in [6.45, 7) is 9.24. The second kappa shape index (κ2) is 17.2. The highest BCUT2D eigenvalue weighted by Crippen LogP contribution is 2.46. The number of fused-ring (bicyclic) bond motifs is 1. The van der Waals surface area contributed by atoms with Crippen molar-refractivity contribution in [2.75, 3.05) is 37.6 Å².